The molecule has 2 amide bonds. The SMILES string of the molecule is CC(=S)NCC1CN(c2ccc(NC3=CC(C)(C(=O)NC4CCCCC4)CC=CC3=O)c(F)c2)C(=O)O1. The van der Waals surface area contributed by atoms with Gasteiger partial charge in [0.25, 0.3) is 0 Å². The summed E-state index contributed by atoms with van der Waals surface area (Å²) >= 11 is 4.99. The molecule has 0 radical (unpaired) electrons. The number of benzene rings is 1. The summed E-state index contributed by atoms with van der Waals surface area (Å²) in [5.41, 5.74) is -0.422. The number of hydrogen-bond acceptors (Lipinski definition) is 6. The Morgan fingerprint density at radius 3 is 2.70 bits per heavy atom. The quantitative estimate of drug-likeness (QED) is 0.452. The summed E-state index contributed by atoms with van der Waals surface area (Å²) in [6, 6.07) is 4.41. The monoisotopic (exact) mass is 528 g/mol. The molecule has 8 nitrogen and oxygen atoms in total. The van der Waals surface area contributed by atoms with Crippen LogP contribution in [0.15, 0.2) is 42.1 Å². The van der Waals surface area contributed by atoms with Crippen molar-refractivity contribution in [1.29, 1.82) is 0 Å². The zero-order valence-corrected chi connectivity index (χ0v) is 22.0. The lowest BCUT2D eigenvalue weighted by molar-refractivity contribution is -0.128. The van der Waals surface area contributed by atoms with Gasteiger partial charge in [0.1, 0.15) is 11.9 Å². The van der Waals surface area contributed by atoms with Crippen LogP contribution in [-0.2, 0) is 14.3 Å². The van der Waals surface area contributed by atoms with Crippen LogP contribution in [0.4, 0.5) is 20.6 Å². The Kier molecular flexibility index (Phi) is 8.26. The van der Waals surface area contributed by atoms with E-state index in [0.717, 1.165) is 25.7 Å². The van der Waals surface area contributed by atoms with E-state index in [2.05, 4.69) is 16.0 Å². The Morgan fingerprint density at radius 2 is 2.00 bits per heavy atom. The Bertz CT molecular complexity index is 1150. The predicted octanol–water partition coefficient (Wildman–Crippen LogP) is 4.37. The van der Waals surface area contributed by atoms with Gasteiger partial charge >= 0.3 is 6.09 Å². The van der Waals surface area contributed by atoms with Gasteiger partial charge in [-0.25, -0.2) is 9.18 Å². The third-order valence-electron chi connectivity index (χ3n) is 6.99. The third kappa shape index (κ3) is 6.54. The van der Waals surface area contributed by atoms with Crippen LogP contribution in [0, 0.1) is 11.2 Å². The van der Waals surface area contributed by atoms with Crippen molar-refractivity contribution >= 4 is 46.4 Å². The number of rotatable bonds is 7. The second-order valence-corrected chi connectivity index (χ2v) is 10.7. The highest BCUT2D eigenvalue weighted by atomic mass is 32.1. The standard InChI is InChI=1S/C27H33FN4O4S/c1-17(37)29-15-20-16-32(26(35)36-20)19-10-11-22(21(28)13-19)31-23-14-27(2,12-6-9-24(23)33)25(34)30-18-7-4-3-5-8-18/h6,9-11,13-14,18,20,31H,3-5,7-8,12,15-16H2,1-2H3,(H,29,37)(H,30,34). The molecule has 3 N–H and O–H groups in total. The lowest BCUT2D eigenvalue weighted by Crippen LogP contribution is -2.44. The van der Waals surface area contributed by atoms with E-state index in [1.54, 1.807) is 32.1 Å². The fraction of sp³-hybridized carbons (Fsp3) is 0.481. The first-order valence-corrected chi connectivity index (χ1v) is 13.1. The maximum atomic E-state index is 15.1. The fourth-order valence-electron chi connectivity index (χ4n) is 4.82. The number of amides is 2. The normalized spacial score (nSPS) is 24.2. The number of ketones is 1. The van der Waals surface area contributed by atoms with Gasteiger partial charge in [0.05, 0.1) is 40.6 Å². The van der Waals surface area contributed by atoms with Crippen LogP contribution in [0.3, 0.4) is 0 Å². The summed E-state index contributed by atoms with van der Waals surface area (Å²) in [5, 5.41) is 8.97. The molecule has 0 aromatic heterocycles. The zero-order valence-electron chi connectivity index (χ0n) is 21.1. The lowest BCUT2D eigenvalue weighted by Gasteiger charge is -2.29. The van der Waals surface area contributed by atoms with Crippen LogP contribution in [-0.4, -0.2) is 48.0 Å². The summed E-state index contributed by atoms with van der Waals surface area (Å²) in [7, 11) is 0. The maximum absolute atomic E-state index is 15.1. The molecule has 1 aromatic rings. The van der Waals surface area contributed by atoms with Crippen molar-refractivity contribution in [2.45, 2.75) is 64.5 Å². The summed E-state index contributed by atoms with van der Waals surface area (Å²) in [5.74, 6) is -1.13. The molecule has 1 aliphatic heterocycles. The van der Waals surface area contributed by atoms with Crippen molar-refractivity contribution < 1.29 is 23.5 Å². The number of carbonyl (C=O) groups is 3. The van der Waals surface area contributed by atoms with Gasteiger partial charge in [-0.15, -0.1) is 0 Å². The van der Waals surface area contributed by atoms with Gasteiger partial charge in [0.2, 0.25) is 11.7 Å². The zero-order chi connectivity index (χ0) is 26.6. The number of cyclic esters (lactones) is 1. The van der Waals surface area contributed by atoms with E-state index in [9.17, 15) is 14.4 Å². The number of hydrogen-bond donors (Lipinski definition) is 3. The predicted molar refractivity (Wildman–Crippen MR) is 144 cm³/mol. The van der Waals surface area contributed by atoms with E-state index >= 15 is 4.39 Å². The summed E-state index contributed by atoms with van der Waals surface area (Å²) in [6.45, 7) is 4.14. The lowest BCUT2D eigenvalue weighted by atomic mass is 9.84. The van der Waals surface area contributed by atoms with Crippen molar-refractivity contribution in [1.82, 2.24) is 10.6 Å². The molecule has 0 spiro atoms. The third-order valence-corrected chi connectivity index (χ3v) is 7.13. The van der Waals surface area contributed by atoms with Crippen molar-refractivity contribution in [3.63, 3.8) is 0 Å². The molecule has 10 heteroatoms. The van der Waals surface area contributed by atoms with E-state index in [-0.39, 0.29) is 35.7 Å². The first kappa shape index (κ1) is 26.8. The molecular formula is C27H33FN4O4S. The van der Waals surface area contributed by atoms with Gasteiger partial charge in [0, 0.05) is 6.04 Å². The number of nitrogens with one attached hydrogen (secondary N) is 3. The summed E-state index contributed by atoms with van der Waals surface area (Å²) < 4.78 is 20.4. The number of ether oxygens (including phenoxy) is 1. The number of allylic oxidation sites excluding steroid dienone is 2. The fourth-order valence-corrected chi connectivity index (χ4v) is 4.90. The molecule has 2 fully saturated rings. The molecule has 3 aliphatic rings. The topological polar surface area (TPSA) is 99.8 Å². The molecule has 2 atom stereocenters. The summed E-state index contributed by atoms with van der Waals surface area (Å²) in [6.07, 6.45) is 9.34. The Balaban J connectivity index is 1.48. The molecule has 2 unspecified atom stereocenters. The van der Waals surface area contributed by atoms with Crippen LogP contribution in [0.25, 0.3) is 0 Å². The van der Waals surface area contributed by atoms with Gasteiger partial charge in [-0.2, -0.15) is 0 Å². The Morgan fingerprint density at radius 1 is 1.24 bits per heavy atom. The Hall–Kier alpha value is -3.27. The van der Waals surface area contributed by atoms with Crippen LogP contribution in [0.1, 0.15) is 52.4 Å². The van der Waals surface area contributed by atoms with Crippen LogP contribution >= 0.6 is 12.2 Å². The number of thiocarbonyl (C=S) groups is 1. The molecular weight excluding hydrogens is 495 g/mol. The minimum atomic E-state index is -0.956. The number of nitrogens with zero attached hydrogens (tertiary/aromatic N) is 1. The first-order chi connectivity index (χ1) is 17.6. The highest BCUT2D eigenvalue weighted by Gasteiger charge is 2.35. The minimum Gasteiger partial charge on any atom is -0.442 e. The van der Waals surface area contributed by atoms with E-state index in [0.29, 0.717) is 23.6 Å². The number of anilines is 2. The van der Waals surface area contributed by atoms with Crippen molar-refractivity contribution in [3.8, 4) is 0 Å². The second kappa shape index (κ2) is 11.4. The minimum absolute atomic E-state index is 0.0656. The molecule has 37 heavy (non-hydrogen) atoms. The average Bonchev–Trinajstić information content (AvgIpc) is 3.17. The molecule has 0 bridgehead atoms. The van der Waals surface area contributed by atoms with Crippen LogP contribution < -0.4 is 20.9 Å². The van der Waals surface area contributed by atoms with E-state index in [1.807, 2.05) is 0 Å². The van der Waals surface area contributed by atoms with Gasteiger partial charge in [-0.3, -0.25) is 14.5 Å². The van der Waals surface area contributed by atoms with E-state index in [4.69, 9.17) is 17.0 Å². The summed E-state index contributed by atoms with van der Waals surface area (Å²) in [4.78, 5) is 40.2. The Labute approximate surface area is 221 Å². The highest BCUT2D eigenvalue weighted by molar-refractivity contribution is 7.80. The van der Waals surface area contributed by atoms with Crippen LogP contribution in [0.2, 0.25) is 0 Å². The van der Waals surface area contributed by atoms with Gasteiger partial charge in [-0.1, -0.05) is 37.6 Å². The molecule has 1 heterocycles. The van der Waals surface area contributed by atoms with Crippen molar-refractivity contribution in [2.75, 3.05) is 23.3 Å². The smallest absolute Gasteiger partial charge is 0.414 e. The molecule has 4 rings (SSSR count). The second-order valence-electron chi connectivity index (χ2n) is 10.1. The van der Waals surface area contributed by atoms with Gasteiger partial charge in [0.15, 0.2) is 0 Å². The average molecular weight is 529 g/mol. The molecule has 2 aliphatic carbocycles. The van der Waals surface area contributed by atoms with Gasteiger partial charge < -0.3 is 20.7 Å². The van der Waals surface area contributed by atoms with Gasteiger partial charge in [-0.05, 0) is 63.5 Å². The number of carbonyl (C=O) groups excluding carboxylic acids is 3. The molecule has 1 saturated heterocycles. The first-order valence-electron chi connectivity index (χ1n) is 12.7. The number of halogens is 1. The molecule has 198 valence electrons. The highest BCUT2D eigenvalue weighted by Crippen LogP contribution is 2.32. The molecule has 1 saturated carbocycles. The van der Waals surface area contributed by atoms with Crippen LogP contribution in [0.5, 0.6) is 0 Å². The van der Waals surface area contributed by atoms with E-state index < -0.39 is 23.4 Å². The van der Waals surface area contributed by atoms with E-state index in [1.165, 1.54) is 29.5 Å². The maximum Gasteiger partial charge on any atom is 0.414 e. The molecule has 1 aromatic carbocycles. The van der Waals surface area contributed by atoms with Crippen molar-refractivity contribution in [3.05, 3.63) is 47.9 Å². The van der Waals surface area contributed by atoms with Crippen molar-refractivity contribution in [2.24, 2.45) is 5.41 Å². The largest absolute Gasteiger partial charge is 0.442 e.